The van der Waals surface area contributed by atoms with E-state index in [-0.39, 0.29) is 5.41 Å². The Bertz CT molecular complexity index is 509. The number of rotatable bonds is 2. The second-order valence-corrected chi connectivity index (χ2v) is 5.21. The van der Waals surface area contributed by atoms with Gasteiger partial charge in [-0.15, -0.1) is 0 Å². The van der Waals surface area contributed by atoms with E-state index >= 15 is 0 Å². The van der Waals surface area contributed by atoms with Crippen molar-refractivity contribution >= 4 is 0 Å². The average molecular weight is 238 g/mol. The highest BCUT2D eigenvalue weighted by molar-refractivity contribution is 5.32. The summed E-state index contributed by atoms with van der Waals surface area (Å²) >= 11 is 0. The molecule has 3 rings (SSSR count). The minimum atomic E-state index is 0.135. The van der Waals surface area contributed by atoms with Gasteiger partial charge in [0.05, 0.1) is 0 Å². The molecule has 1 aliphatic heterocycles. The Kier molecular flexibility index (Phi) is 2.88. The molecular formula is C16H18N2. The quantitative estimate of drug-likeness (QED) is 0.869. The molecule has 2 unspecified atom stereocenters. The SMILES string of the molecule is CC1(c2cccnc2)CCNC1c1ccccc1. The molecule has 0 spiro atoms. The number of hydrogen-bond donors (Lipinski definition) is 1. The normalized spacial score (nSPS) is 27.3. The van der Waals surface area contributed by atoms with Crippen LogP contribution in [0.15, 0.2) is 54.9 Å². The lowest BCUT2D eigenvalue weighted by molar-refractivity contribution is 0.412. The predicted molar refractivity (Wildman–Crippen MR) is 73.4 cm³/mol. The van der Waals surface area contributed by atoms with Crippen LogP contribution in [-0.2, 0) is 5.41 Å². The van der Waals surface area contributed by atoms with E-state index < -0.39 is 0 Å². The van der Waals surface area contributed by atoms with Gasteiger partial charge in [-0.05, 0) is 30.2 Å². The molecule has 1 fully saturated rings. The van der Waals surface area contributed by atoms with Crippen molar-refractivity contribution in [2.24, 2.45) is 0 Å². The number of aromatic nitrogens is 1. The molecule has 0 saturated carbocycles. The minimum Gasteiger partial charge on any atom is -0.309 e. The molecule has 0 aliphatic carbocycles. The molecule has 2 nitrogen and oxygen atoms in total. The number of nitrogens with zero attached hydrogens (tertiary/aromatic N) is 1. The van der Waals surface area contributed by atoms with E-state index in [0.29, 0.717) is 6.04 Å². The summed E-state index contributed by atoms with van der Waals surface area (Å²) in [6.07, 6.45) is 4.99. The minimum absolute atomic E-state index is 0.135. The summed E-state index contributed by atoms with van der Waals surface area (Å²) in [5, 5.41) is 3.63. The number of benzene rings is 1. The van der Waals surface area contributed by atoms with Crippen LogP contribution in [0.3, 0.4) is 0 Å². The Balaban J connectivity index is 2.01. The highest BCUT2D eigenvalue weighted by Crippen LogP contribution is 2.43. The Labute approximate surface area is 108 Å². The fourth-order valence-corrected chi connectivity index (χ4v) is 2.99. The van der Waals surface area contributed by atoms with Gasteiger partial charge in [0.2, 0.25) is 0 Å². The van der Waals surface area contributed by atoms with E-state index in [0.717, 1.165) is 13.0 Å². The summed E-state index contributed by atoms with van der Waals surface area (Å²) in [5.74, 6) is 0. The zero-order valence-electron chi connectivity index (χ0n) is 10.6. The lowest BCUT2D eigenvalue weighted by Gasteiger charge is -2.31. The Hall–Kier alpha value is -1.67. The van der Waals surface area contributed by atoms with Crippen LogP contribution in [0.5, 0.6) is 0 Å². The van der Waals surface area contributed by atoms with Crippen LogP contribution in [0.25, 0.3) is 0 Å². The molecule has 1 aliphatic rings. The number of hydrogen-bond acceptors (Lipinski definition) is 2. The monoisotopic (exact) mass is 238 g/mol. The molecule has 0 radical (unpaired) electrons. The van der Waals surface area contributed by atoms with Crippen molar-refractivity contribution in [2.45, 2.75) is 24.8 Å². The molecular weight excluding hydrogens is 220 g/mol. The average Bonchev–Trinajstić information content (AvgIpc) is 2.84. The summed E-state index contributed by atoms with van der Waals surface area (Å²) in [6, 6.07) is 15.3. The van der Waals surface area contributed by atoms with Crippen LogP contribution >= 0.6 is 0 Å². The van der Waals surface area contributed by atoms with Crippen molar-refractivity contribution in [3.8, 4) is 0 Å². The van der Waals surface area contributed by atoms with Crippen molar-refractivity contribution in [3.63, 3.8) is 0 Å². The van der Waals surface area contributed by atoms with E-state index in [2.05, 4.69) is 53.6 Å². The second kappa shape index (κ2) is 4.54. The van der Waals surface area contributed by atoms with Gasteiger partial charge in [-0.1, -0.05) is 43.3 Å². The third-order valence-electron chi connectivity index (χ3n) is 4.08. The highest BCUT2D eigenvalue weighted by Gasteiger charge is 2.40. The first-order chi connectivity index (χ1) is 8.81. The summed E-state index contributed by atoms with van der Waals surface area (Å²) in [7, 11) is 0. The number of nitrogens with one attached hydrogen (secondary N) is 1. The van der Waals surface area contributed by atoms with Gasteiger partial charge in [0.15, 0.2) is 0 Å². The van der Waals surface area contributed by atoms with E-state index in [4.69, 9.17) is 0 Å². The van der Waals surface area contributed by atoms with E-state index in [9.17, 15) is 0 Å². The molecule has 92 valence electrons. The Morgan fingerprint density at radius 2 is 2.00 bits per heavy atom. The fourth-order valence-electron chi connectivity index (χ4n) is 2.99. The first-order valence-corrected chi connectivity index (χ1v) is 6.49. The third kappa shape index (κ3) is 1.83. The van der Waals surface area contributed by atoms with E-state index in [1.165, 1.54) is 11.1 Å². The summed E-state index contributed by atoms with van der Waals surface area (Å²) < 4.78 is 0. The molecule has 2 aromatic rings. The van der Waals surface area contributed by atoms with Crippen LogP contribution in [0.1, 0.15) is 30.5 Å². The lowest BCUT2D eigenvalue weighted by Crippen LogP contribution is -2.30. The van der Waals surface area contributed by atoms with Gasteiger partial charge in [-0.3, -0.25) is 4.98 Å². The van der Waals surface area contributed by atoms with Gasteiger partial charge < -0.3 is 5.32 Å². The van der Waals surface area contributed by atoms with Crippen molar-refractivity contribution < 1.29 is 0 Å². The van der Waals surface area contributed by atoms with E-state index in [1.54, 1.807) is 0 Å². The van der Waals surface area contributed by atoms with Gasteiger partial charge in [0.1, 0.15) is 0 Å². The summed E-state index contributed by atoms with van der Waals surface area (Å²) in [4.78, 5) is 4.27. The fraction of sp³-hybridized carbons (Fsp3) is 0.312. The molecule has 0 bridgehead atoms. The Morgan fingerprint density at radius 3 is 2.72 bits per heavy atom. The standard InChI is InChI=1S/C16H18N2/c1-16(14-8-5-10-17-12-14)9-11-18-15(16)13-6-3-2-4-7-13/h2-8,10,12,15,18H,9,11H2,1H3. The maximum Gasteiger partial charge on any atom is 0.0416 e. The van der Waals surface area contributed by atoms with Gasteiger partial charge in [0, 0.05) is 23.9 Å². The molecule has 2 heterocycles. The van der Waals surface area contributed by atoms with Crippen LogP contribution in [0, 0.1) is 0 Å². The van der Waals surface area contributed by atoms with Crippen molar-refractivity contribution in [1.82, 2.24) is 10.3 Å². The van der Waals surface area contributed by atoms with Crippen LogP contribution in [0.4, 0.5) is 0 Å². The first-order valence-electron chi connectivity index (χ1n) is 6.49. The van der Waals surface area contributed by atoms with E-state index in [1.807, 2.05) is 18.5 Å². The molecule has 1 saturated heterocycles. The molecule has 2 heteroatoms. The zero-order chi connectivity index (χ0) is 12.4. The predicted octanol–water partition coefficient (Wildman–Crippen LogP) is 3.07. The molecule has 1 N–H and O–H groups in total. The smallest absolute Gasteiger partial charge is 0.0416 e. The van der Waals surface area contributed by atoms with Crippen LogP contribution in [0.2, 0.25) is 0 Å². The first kappa shape index (κ1) is 11.4. The van der Waals surface area contributed by atoms with Crippen LogP contribution < -0.4 is 5.32 Å². The van der Waals surface area contributed by atoms with Crippen molar-refractivity contribution in [2.75, 3.05) is 6.54 Å². The van der Waals surface area contributed by atoms with Gasteiger partial charge >= 0.3 is 0 Å². The lowest BCUT2D eigenvalue weighted by atomic mass is 9.74. The van der Waals surface area contributed by atoms with Crippen molar-refractivity contribution in [3.05, 3.63) is 66.0 Å². The summed E-state index contributed by atoms with van der Waals surface area (Å²) in [6.45, 7) is 3.40. The molecule has 1 aromatic heterocycles. The largest absolute Gasteiger partial charge is 0.309 e. The molecule has 0 amide bonds. The maximum absolute atomic E-state index is 4.27. The van der Waals surface area contributed by atoms with Gasteiger partial charge in [-0.25, -0.2) is 0 Å². The second-order valence-electron chi connectivity index (χ2n) is 5.21. The number of pyridine rings is 1. The highest BCUT2D eigenvalue weighted by atomic mass is 15.0. The third-order valence-corrected chi connectivity index (χ3v) is 4.08. The zero-order valence-corrected chi connectivity index (χ0v) is 10.6. The maximum atomic E-state index is 4.27. The Morgan fingerprint density at radius 1 is 1.17 bits per heavy atom. The summed E-state index contributed by atoms with van der Waals surface area (Å²) in [5.41, 5.74) is 2.82. The topological polar surface area (TPSA) is 24.9 Å². The van der Waals surface area contributed by atoms with Gasteiger partial charge in [-0.2, -0.15) is 0 Å². The van der Waals surface area contributed by atoms with Crippen LogP contribution in [-0.4, -0.2) is 11.5 Å². The molecule has 2 atom stereocenters. The molecule has 18 heavy (non-hydrogen) atoms. The van der Waals surface area contributed by atoms with Crippen molar-refractivity contribution in [1.29, 1.82) is 0 Å². The van der Waals surface area contributed by atoms with Gasteiger partial charge in [0.25, 0.3) is 0 Å². The molecule has 1 aromatic carbocycles.